The van der Waals surface area contributed by atoms with Crippen LogP contribution in [0, 0.1) is 0 Å². The lowest BCUT2D eigenvalue weighted by Crippen LogP contribution is -2.35. The molecular formula is C15H29N5O. The van der Waals surface area contributed by atoms with Gasteiger partial charge in [0.05, 0.1) is 11.9 Å². The number of nitrogens with one attached hydrogen (secondary N) is 1. The summed E-state index contributed by atoms with van der Waals surface area (Å²) in [5, 5.41) is 7.10. The van der Waals surface area contributed by atoms with E-state index in [2.05, 4.69) is 29.2 Å². The highest BCUT2D eigenvalue weighted by Gasteiger charge is 2.17. The zero-order valence-electron chi connectivity index (χ0n) is 13.7. The third-order valence-electron chi connectivity index (χ3n) is 3.77. The molecule has 1 atom stereocenters. The molecule has 0 aromatic carbocycles. The smallest absolute Gasteiger partial charge is 0.271 e. The third-order valence-corrected chi connectivity index (χ3v) is 3.77. The van der Waals surface area contributed by atoms with Crippen LogP contribution in [0.25, 0.3) is 0 Å². The van der Waals surface area contributed by atoms with Crippen molar-refractivity contribution in [2.75, 3.05) is 25.4 Å². The fraction of sp³-hybridized carbons (Fsp3) is 0.733. The Morgan fingerprint density at radius 2 is 2.10 bits per heavy atom. The van der Waals surface area contributed by atoms with Gasteiger partial charge in [0.2, 0.25) is 0 Å². The molecule has 6 heteroatoms. The minimum absolute atomic E-state index is 0.132. The van der Waals surface area contributed by atoms with Crippen molar-refractivity contribution >= 4 is 11.6 Å². The molecule has 0 aliphatic carbocycles. The summed E-state index contributed by atoms with van der Waals surface area (Å²) in [6.07, 6.45) is 3.57. The lowest BCUT2D eigenvalue weighted by Gasteiger charge is -2.20. The summed E-state index contributed by atoms with van der Waals surface area (Å²) < 4.78 is 1.63. The molecule has 1 heterocycles. The molecule has 0 saturated heterocycles. The Balaban J connectivity index is 2.45. The van der Waals surface area contributed by atoms with E-state index in [-0.39, 0.29) is 11.9 Å². The summed E-state index contributed by atoms with van der Waals surface area (Å²) in [4.78, 5) is 14.7. The van der Waals surface area contributed by atoms with Crippen LogP contribution in [0.15, 0.2) is 6.20 Å². The Morgan fingerprint density at radius 1 is 1.43 bits per heavy atom. The zero-order chi connectivity index (χ0) is 15.8. The van der Waals surface area contributed by atoms with Gasteiger partial charge in [-0.1, -0.05) is 13.8 Å². The van der Waals surface area contributed by atoms with E-state index < -0.39 is 0 Å². The summed E-state index contributed by atoms with van der Waals surface area (Å²) in [6, 6.07) is 0.132. The number of rotatable bonds is 9. The Hall–Kier alpha value is -1.56. The Labute approximate surface area is 127 Å². The van der Waals surface area contributed by atoms with Crippen LogP contribution in [0.3, 0.4) is 0 Å². The Morgan fingerprint density at radius 3 is 2.67 bits per heavy atom. The lowest BCUT2D eigenvalue weighted by molar-refractivity contribution is 0.0927. The largest absolute Gasteiger partial charge is 0.396 e. The van der Waals surface area contributed by atoms with E-state index in [0.717, 1.165) is 32.5 Å². The summed E-state index contributed by atoms with van der Waals surface area (Å²) in [7, 11) is 0. The summed E-state index contributed by atoms with van der Waals surface area (Å²) in [5.41, 5.74) is 6.72. The molecule has 0 aliphatic rings. The first kappa shape index (κ1) is 17.5. The number of hydrogen-bond donors (Lipinski definition) is 2. The normalized spacial score (nSPS) is 12.6. The standard InChI is InChI=1S/C15H29N5O/c1-5-19(6-2)10-8-9-12(4)18-15(21)14-13(16)11-17-20(14)7-3/h11-12H,5-10,16H2,1-4H3,(H,18,21). The van der Waals surface area contributed by atoms with Crippen molar-refractivity contribution in [3.63, 3.8) is 0 Å². The second kappa shape index (κ2) is 8.67. The highest BCUT2D eigenvalue weighted by atomic mass is 16.2. The molecule has 21 heavy (non-hydrogen) atoms. The van der Waals surface area contributed by atoms with E-state index in [4.69, 9.17) is 5.73 Å². The zero-order valence-corrected chi connectivity index (χ0v) is 13.7. The first-order chi connectivity index (χ1) is 10.0. The van der Waals surface area contributed by atoms with Crippen LogP contribution in [0.4, 0.5) is 5.69 Å². The van der Waals surface area contributed by atoms with Crippen LogP contribution in [0.1, 0.15) is 51.0 Å². The summed E-state index contributed by atoms with van der Waals surface area (Å²) in [6.45, 7) is 12.2. The predicted molar refractivity (Wildman–Crippen MR) is 86.3 cm³/mol. The third kappa shape index (κ3) is 5.04. The fourth-order valence-corrected chi connectivity index (χ4v) is 2.41. The molecule has 6 nitrogen and oxygen atoms in total. The summed E-state index contributed by atoms with van der Waals surface area (Å²) in [5.74, 6) is -0.137. The number of nitrogen functional groups attached to an aromatic ring is 1. The Bertz CT molecular complexity index is 439. The maximum Gasteiger partial charge on any atom is 0.271 e. The molecule has 1 unspecified atom stereocenters. The number of amides is 1. The van der Waals surface area contributed by atoms with Gasteiger partial charge in [0, 0.05) is 12.6 Å². The maximum atomic E-state index is 12.3. The maximum absolute atomic E-state index is 12.3. The molecule has 1 aromatic heterocycles. The van der Waals surface area contributed by atoms with Gasteiger partial charge < -0.3 is 16.0 Å². The number of aromatic nitrogens is 2. The first-order valence-corrected chi connectivity index (χ1v) is 7.87. The van der Waals surface area contributed by atoms with Crippen LogP contribution in [-0.4, -0.2) is 46.3 Å². The fourth-order valence-electron chi connectivity index (χ4n) is 2.41. The highest BCUT2D eigenvalue weighted by molar-refractivity contribution is 5.97. The molecule has 0 aliphatic heterocycles. The van der Waals surface area contributed by atoms with Crippen LogP contribution in [0.5, 0.6) is 0 Å². The van der Waals surface area contributed by atoms with Gasteiger partial charge in [-0.15, -0.1) is 0 Å². The van der Waals surface area contributed by atoms with Crippen molar-refractivity contribution in [1.29, 1.82) is 0 Å². The predicted octanol–water partition coefficient (Wildman–Crippen LogP) is 1.73. The number of carbonyl (C=O) groups is 1. The molecule has 0 saturated carbocycles. The Kier molecular flexibility index (Phi) is 7.22. The van der Waals surface area contributed by atoms with Crippen molar-refractivity contribution in [2.45, 2.75) is 53.1 Å². The molecule has 1 rings (SSSR count). The van der Waals surface area contributed by atoms with Crippen molar-refractivity contribution < 1.29 is 4.79 Å². The molecule has 3 N–H and O–H groups in total. The van der Waals surface area contributed by atoms with Crippen LogP contribution >= 0.6 is 0 Å². The number of aryl methyl sites for hydroxylation is 1. The molecule has 0 spiro atoms. The van der Waals surface area contributed by atoms with Gasteiger partial charge >= 0.3 is 0 Å². The average molecular weight is 295 g/mol. The second-order valence-electron chi connectivity index (χ2n) is 5.31. The quantitative estimate of drug-likeness (QED) is 0.727. The molecule has 0 fully saturated rings. The van der Waals surface area contributed by atoms with Gasteiger partial charge in [0.15, 0.2) is 0 Å². The number of nitrogens with two attached hydrogens (primary N) is 1. The van der Waals surface area contributed by atoms with Crippen LogP contribution in [-0.2, 0) is 6.54 Å². The molecule has 120 valence electrons. The summed E-state index contributed by atoms with van der Waals surface area (Å²) >= 11 is 0. The van der Waals surface area contributed by atoms with Crippen molar-refractivity contribution in [3.8, 4) is 0 Å². The van der Waals surface area contributed by atoms with Crippen LogP contribution in [0.2, 0.25) is 0 Å². The van der Waals surface area contributed by atoms with E-state index in [1.165, 1.54) is 6.20 Å². The van der Waals surface area contributed by atoms with Crippen LogP contribution < -0.4 is 11.1 Å². The van der Waals surface area contributed by atoms with Gasteiger partial charge in [-0.05, 0) is 46.3 Å². The van der Waals surface area contributed by atoms with Gasteiger partial charge in [-0.2, -0.15) is 5.10 Å². The lowest BCUT2D eigenvalue weighted by atomic mass is 10.1. The van der Waals surface area contributed by atoms with Gasteiger partial charge in [-0.3, -0.25) is 9.48 Å². The van der Waals surface area contributed by atoms with E-state index >= 15 is 0 Å². The first-order valence-electron chi connectivity index (χ1n) is 7.87. The van der Waals surface area contributed by atoms with Crippen molar-refractivity contribution in [2.24, 2.45) is 0 Å². The minimum atomic E-state index is -0.137. The number of carbonyl (C=O) groups excluding carboxylic acids is 1. The topological polar surface area (TPSA) is 76.2 Å². The number of nitrogens with zero attached hydrogens (tertiary/aromatic N) is 3. The average Bonchev–Trinajstić information content (AvgIpc) is 2.84. The highest BCUT2D eigenvalue weighted by Crippen LogP contribution is 2.11. The van der Waals surface area contributed by atoms with Gasteiger partial charge in [-0.25, -0.2) is 0 Å². The van der Waals surface area contributed by atoms with Gasteiger partial charge in [0.25, 0.3) is 5.91 Å². The van der Waals surface area contributed by atoms with E-state index in [1.54, 1.807) is 4.68 Å². The van der Waals surface area contributed by atoms with Crippen molar-refractivity contribution in [3.05, 3.63) is 11.9 Å². The molecule has 0 bridgehead atoms. The monoisotopic (exact) mass is 295 g/mol. The van der Waals surface area contributed by atoms with E-state index in [0.29, 0.717) is 17.9 Å². The number of hydrogen-bond acceptors (Lipinski definition) is 4. The van der Waals surface area contributed by atoms with Gasteiger partial charge in [0.1, 0.15) is 5.69 Å². The second-order valence-corrected chi connectivity index (χ2v) is 5.31. The molecule has 1 aromatic rings. The number of anilines is 1. The van der Waals surface area contributed by atoms with E-state index in [1.807, 2.05) is 13.8 Å². The molecule has 1 amide bonds. The van der Waals surface area contributed by atoms with E-state index in [9.17, 15) is 4.79 Å². The molecule has 0 radical (unpaired) electrons. The SMILES string of the molecule is CCN(CC)CCCC(C)NC(=O)c1c(N)cnn1CC. The molecular weight excluding hydrogens is 266 g/mol. The van der Waals surface area contributed by atoms with Crippen molar-refractivity contribution in [1.82, 2.24) is 20.0 Å². The minimum Gasteiger partial charge on any atom is -0.396 e.